The Bertz CT molecular complexity index is 1290. The highest BCUT2D eigenvalue weighted by Crippen LogP contribution is 2.26. The second-order valence-corrected chi connectivity index (χ2v) is 9.17. The van der Waals surface area contributed by atoms with E-state index in [-0.39, 0.29) is 11.3 Å². The van der Waals surface area contributed by atoms with Gasteiger partial charge in [-0.2, -0.15) is 0 Å². The highest BCUT2D eigenvalue weighted by atomic mass is 16.5. The molecule has 0 amide bonds. The number of esters is 1. The molecule has 0 saturated carbocycles. The van der Waals surface area contributed by atoms with E-state index in [0.29, 0.717) is 37.6 Å². The molecular weight excluding hydrogens is 478 g/mol. The van der Waals surface area contributed by atoms with E-state index in [1.807, 2.05) is 60.7 Å². The molecule has 0 aliphatic heterocycles. The van der Waals surface area contributed by atoms with Crippen molar-refractivity contribution in [3.05, 3.63) is 131 Å². The third kappa shape index (κ3) is 7.68. The van der Waals surface area contributed by atoms with E-state index >= 15 is 0 Å². The lowest BCUT2D eigenvalue weighted by atomic mass is 10.0. The zero-order valence-electron chi connectivity index (χ0n) is 21.5. The third-order valence-electron chi connectivity index (χ3n) is 6.36. The van der Waals surface area contributed by atoms with E-state index in [2.05, 4.69) is 17.0 Å². The largest absolute Gasteiger partial charge is 0.508 e. The number of aliphatic hydroxyl groups excluding tert-OH is 1. The fraction of sp³-hybridized carbons (Fsp3) is 0.219. The molecule has 0 aliphatic carbocycles. The van der Waals surface area contributed by atoms with Crippen LogP contribution in [0.25, 0.3) is 0 Å². The summed E-state index contributed by atoms with van der Waals surface area (Å²) >= 11 is 0. The van der Waals surface area contributed by atoms with Crippen molar-refractivity contribution in [3.63, 3.8) is 0 Å². The predicted octanol–water partition coefficient (Wildman–Crippen LogP) is 5.54. The molecule has 1 atom stereocenters. The fourth-order valence-corrected chi connectivity index (χ4v) is 4.26. The van der Waals surface area contributed by atoms with E-state index in [4.69, 9.17) is 9.47 Å². The number of phenolic OH excluding ortho intramolecular Hbond substituents is 1. The number of ether oxygens (including phenoxy) is 2. The molecule has 0 aromatic heterocycles. The Morgan fingerprint density at radius 1 is 0.842 bits per heavy atom. The molecule has 0 spiro atoms. The van der Waals surface area contributed by atoms with Crippen LogP contribution in [0.1, 0.15) is 38.7 Å². The van der Waals surface area contributed by atoms with Gasteiger partial charge in [-0.1, -0.05) is 78.9 Å². The number of carbonyl (C=O) groups is 1. The topological polar surface area (TPSA) is 79.2 Å². The van der Waals surface area contributed by atoms with Crippen LogP contribution >= 0.6 is 0 Å². The van der Waals surface area contributed by atoms with Crippen LogP contribution in [0.2, 0.25) is 0 Å². The van der Waals surface area contributed by atoms with Gasteiger partial charge < -0.3 is 19.7 Å². The Morgan fingerprint density at radius 3 is 2.16 bits per heavy atom. The quantitative estimate of drug-likeness (QED) is 0.243. The maximum atomic E-state index is 12.6. The Morgan fingerprint density at radius 2 is 1.50 bits per heavy atom. The number of benzene rings is 4. The summed E-state index contributed by atoms with van der Waals surface area (Å²) in [6.07, 6.45) is -0.0652. The first-order valence-electron chi connectivity index (χ1n) is 12.6. The van der Waals surface area contributed by atoms with Gasteiger partial charge in [0.15, 0.2) is 0 Å². The molecule has 0 heterocycles. The first-order valence-corrected chi connectivity index (χ1v) is 12.6. The van der Waals surface area contributed by atoms with Crippen molar-refractivity contribution in [2.24, 2.45) is 0 Å². The average molecular weight is 512 g/mol. The number of methoxy groups -OCH3 is 1. The minimum absolute atomic E-state index is 0.239. The van der Waals surface area contributed by atoms with Crippen molar-refractivity contribution in [2.75, 3.05) is 20.2 Å². The first-order chi connectivity index (χ1) is 18.5. The van der Waals surface area contributed by atoms with Crippen LogP contribution in [-0.4, -0.2) is 41.3 Å². The molecule has 196 valence electrons. The van der Waals surface area contributed by atoms with Gasteiger partial charge in [-0.05, 0) is 52.9 Å². The number of aromatic hydroxyl groups is 1. The van der Waals surface area contributed by atoms with Gasteiger partial charge in [0, 0.05) is 19.6 Å². The third-order valence-corrected chi connectivity index (χ3v) is 6.36. The zero-order chi connectivity index (χ0) is 26.7. The maximum Gasteiger partial charge on any atom is 0.341 e. The molecule has 0 saturated heterocycles. The summed E-state index contributed by atoms with van der Waals surface area (Å²) < 4.78 is 10.9. The number of hydrogen-bond donors (Lipinski definition) is 2. The van der Waals surface area contributed by atoms with Crippen LogP contribution in [0.3, 0.4) is 0 Å². The van der Waals surface area contributed by atoms with Gasteiger partial charge >= 0.3 is 5.97 Å². The standard InChI is InChI=1S/C32H33NO5/c1-37-32(36)29-20-27(14-17-31(29)38-23-26-10-6-3-7-11-26)30(35)22-33(21-25-8-4-2-5-9-25)19-18-24-12-15-28(34)16-13-24/h2-17,20,30,34-35H,18-19,21-23H2,1H3/t30-/m0/s1. The second-order valence-electron chi connectivity index (χ2n) is 9.17. The molecule has 2 N–H and O–H groups in total. The van der Waals surface area contributed by atoms with Crippen molar-refractivity contribution >= 4 is 5.97 Å². The van der Waals surface area contributed by atoms with Gasteiger partial charge in [0.05, 0.1) is 13.2 Å². The second kappa shape index (κ2) is 13.4. The summed E-state index contributed by atoms with van der Waals surface area (Å²) in [5.74, 6) is 0.128. The zero-order valence-corrected chi connectivity index (χ0v) is 21.5. The van der Waals surface area contributed by atoms with E-state index in [0.717, 1.165) is 23.1 Å². The average Bonchev–Trinajstić information content (AvgIpc) is 2.96. The van der Waals surface area contributed by atoms with Crippen molar-refractivity contribution in [1.29, 1.82) is 0 Å². The molecule has 0 unspecified atom stereocenters. The van der Waals surface area contributed by atoms with Gasteiger partial charge in [-0.25, -0.2) is 4.79 Å². The molecule has 4 rings (SSSR count). The summed E-state index contributed by atoms with van der Waals surface area (Å²) in [5, 5.41) is 20.8. The van der Waals surface area contributed by atoms with Crippen molar-refractivity contribution in [2.45, 2.75) is 25.7 Å². The molecule has 0 fully saturated rings. The Kier molecular flexibility index (Phi) is 9.51. The van der Waals surface area contributed by atoms with Crippen LogP contribution in [0.4, 0.5) is 0 Å². The van der Waals surface area contributed by atoms with E-state index in [1.54, 1.807) is 30.3 Å². The molecule has 6 heteroatoms. The molecule has 4 aromatic rings. The van der Waals surface area contributed by atoms with Crippen molar-refractivity contribution in [1.82, 2.24) is 4.90 Å². The predicted molar refractivity (Wildman–Crippen MR) is 147 cm³/mol. The number of phenols is 1. The van der Waals surface area contributed by atoms with Crippen LogP contribution in [0.5, 0.6) is 11.5 Å². The lowest BCUT2D eigenvalue weighted by molar-refractivity contribution is 0.0594. The lowest BCUT2D eigenvalue weighted by Gasteiger charge is -2.26. The van der Waals surface area contributed by atoms with Gasteiger partial charge in [0.2, 0.25) is 0 Å². The number of rotatable bonds is 12. The number of aliphatic hydroxyl groups is 1. The highest BCUT2D eigenvalue weighted by Gasteiger charge is 2.20. The van der Waals surface area contributed by atoms with Gasteiger partial charge in [0.25, 0.3) is 0 Å². The van der Waals surface area contributed by atoms with Crippen LogP contribution < -0.4 is 4.74 Å². The Labute approximate surface area is 223 Å². The highest BCUT2D eigenvalue weighted by molar-refractivity contribution is 5.92. The summed E-state index contributed by atoms with van der Waals surface area (Å²) in [7, 11) is 1.33. The molecule has 6 nitrogen and oxygen atoms in total. The summed E-state index contributed by atoms with van der Waals surface area (Å²) in [6.45, 7) is 2.06. The maximum absolute atomic E-state index is 12.6. The fourth-order valence-electron chi connectivity index (χ4n) is 4.26. The molecule has 0 radical (unpaired) electrons. The monoisotopic (exact) mass is 511 g/mol. The van der Waals surface area contributed by atoms with Gasteiger partial charge in [0.1, 0.15) is 23.7 Å². The van der Waals surface area contributed by atoms with Gasteiger partial charge in [-0.15, -0.1) is 0 Å². The SMILES string of the molecule is COC(=O)c1cc([C@@H](O)CN(CCc2ccc(O)cc2)Cc2ccccc2)ccc1OCc1ccccc1. The normalized spacial score (nSPS) is 11.8. The number of hydrogen-bond acceptors (Lipinski definition) is 6. The Hall–Kier alpha value is -4.13. The van der Waals surface area contributed by atoms with Crippen LogP contribution in [-0.2, 0) is 24.3 Å². The molecule has 4 aromatic carbocycles. The Balaban J connectivity index is 1.49. The molecule has 0 bridgehead atoms. The smallest absolute Gasteiger partial charge is 0.341 e. The molecular formula is C32H33NO5. The lowest BCUT2D eigenvalue weighted by Crippen LogP contribution is -2.30. The minimum atomic E-state index is -0.829. The van der Waals surface area contributed by atoms with E-state index in [1.165, 1.54) is 7.11 Å². The van der Waals surface area contributed by atoms with E-state index < -0.39 is 12.1 Å². The van der Waals surface area contributed by atoms with E-state index in [9.17, 15) is 15.0 Å². The molecule has 38 heavy (non-hydrogen) atoms. The minimum Gasteiger partial charge on any atom is -0.508 e. The number of carbonyl (C=O) groups excluding carboxylic acids is 1. The number of nitrogens with zero attached hydrogens (tertiary/aromatic N) is 1. The summed E-state index contributed by atoms with van der Waals surface area (Å²) in [6, 6.07) is 32.1. The summed E-state index contributed by atoms with van der Waals surface area (Å²) in [5.41, 5.74) is 4.12. The van der Waals surface area contributed by atoms with Crippen molar-refractivity contribution in [3.8, 4) is 11.5 Å². The first kappa shape index (κ1) is 26.9. The van der Waals surface area contributed by atoms with Gasteiger partial charge in [-0.3, -0.25) is 4.90 Å². The summed E-state index contributed by atoms with van der Waals surface area (Å²) in [4.78, 5) is 14.7. The van der Waals surface area contributed by atoms with Crippen LogP contribution in [0, 0.1) is 0 Å². The van der Waals surface area contributed by atoms with Crippen molar-refractivity contribution < 1.29 is 24.5 Å². The molecule has 0 aliphatic rings. The van der Waals surface area contributed by atoms with Crippen LogP contribution in [0.15, 0.2) is 103 Å².